The van der Waals surface area contributed by atoms with Crippen molar-refractivity contribution in [1.82, 2.24) is 5.43 Å². The number of benzene rings is 4. The van der Waals surface area contributed by atoms with Crippen LogP contribution in [-0.4, -0.2) is 18.0 Å². The predicted octanol–water partition coefficient (Wildman–Crippen LogP) is 6.05. The van der Waals surface area contributed by atoms with E-state index in [1.807, 2.05) is 91.0 Å². The van der Waals surface area contributed by atoms with Crippen molar-refractivity contribution in [2.24, 2.45) is 5.10 Å². The Morgan fingerprint density at radius 2 is 1.54 bits per heavy atom. The van der Waals surface area contributed by atoms with Gasteiger partial charge in [0, 0.05) is 34.0 Å². The number of fused-ring (bicyclic) bond motifs is 1. The van der Waals surface area contributed by atoms with E-state index < -0.39 is 0 Å². The summed E-state index contributed by atoms with van der Waals surface area (Å²) in [7, 11) is 0. The van der Waals surface area contributed by atoms with Crippen LogP contribution in [0.15, 0.2) is 101 Å². The van der Waals surface area contributed by atoms with Gasteiger partial charge >= 0.3 is 0 Å². The number of hydrogen-bond acceptors (Lipinski definition) is 4. The molecular weight excluding hydrogens is 506 g/mol. The first-order chi connectivity index (χ1) is 17.1. The number of anilines is 1. The molecule has 35 heavy (non-hydrogen) atoms. The lowest BCUT2D eigenvalue weighted by Crippen LogP contribution is -2.20. The third kappa shape index (κ3) is 7.01. The number of rotatable bonds is 9. The summed E-state index contributed by atoms with van der Waals surface area (Å²) in [6, 6.07) is 28.9. The molecule has 0 radical (unpaired) electrons. The Morgan fingerprint density at radius 3 is 2.40 bits per heavy atom. The second-order valence-electron chi connectivity index (χ2n) is 7.82. The molecule has 0 saturated heterocycles. The summed E-state index contributed by atoms with van der Waals surface area (Å²) in [5.41, 5.74) is 4.98. The van der Waals surface area contributed by atoms with Gasteiger partial charge in [-0.05, 0) is 41.3 Å². The van der Waals surface area contributed by atoms with Gasteiger partial charge in [-0.15, -0.1) is 0 Å². The lowest BCUT2D eigenvalue weighted by atomic mass is 10.1. The van der Waals surface area contributed by atoms with Crippen LogP contribution in [0.2, 0.25) is 0 Å². The summed E-state index contributed by atoms with van der Waals surface area (Å²) in [6.07, 6.45) is 1.61. The first kappa shape index (κ1) is 24.2. The van der Waals surface area contributed by atoms with Crippen molar-refractivity contribution >= 4 is 50.4 Å². The topological polar surface area (TPSA) is 79.8 Å². The molecule has 0 bridgehead atoms. The summed E-state index contributed by atoms with van der Waals surface area (Å²) in [5.74, 6) is 0.0811. The number of nitrogens with zero attached hydrogens (tertiary/aromatic N) is 1. The molecule has 4 rings (SSSR count). The van der Waals surface area contributed by atoms with Crippen LogP contribution in [0.5, 0.6) is 5.75 Å². The molecule has 0 aliphatic rings. The molecule has 0 saturated carbocycles. The van der Waals surface area contributed by atoms with Gasteiger partial charge in [0.15, 0.2) is 0 Å². The minimum atomic E-state index is -0.345. The van der Waals surface area contributed by atoms with Crippen LogP contribution >= 0.6 is 15.9 Å². The van der Waals surface area contributed by atoms with E-state index in [2.05, 4.69) is 31.8 Å². The lowest BCUT2D eigenvalue weighted by molar-refractivity contribution is -0.124. The Morgan fingerprint density at radius 1 is 0.829 bits per heavy atom. The predicted molar refractivity (Wildman–Crippen MR) is 142 cm³/mol. The standard InChI is InChI=1S/C28H24BrN3O3/c29-23-14-12-20(13-15-23)19-35-26-11-4-2-7-22(26)18-30-32-28(34)17-16-27(33)31-25-10-5-8-21-6-1-3-9-24(21)25/h1-15,18H,16-17,19H2,(H,31,33)(H,32,34)/b30-18+. The Kier molecular flexibility index (Phi) is 8.25. The molecule has 7 heteroatoms. The summed E-state index contributed by atoms with van der Waals surface area (Å²) in [5, 5.41) is 8.91. The Bertz CT molecular complexity index is 1350. The Labute approximate surface area is 212 Å². The molecule has 0 aliphatic heterocycles. The Hall–Kier alpha value is -3.97. The maximum absolute atomic E-state index is 12.4. The maximum Gasteiger partial charge on any atom is 0.240 e. The second-order valence-corrected chi connectivity index (χ2v) is 8.74. The SMILES string of the molecule is O=C(CCC(=O)Nc1cccc2ccccc12)N/N=C/c1ccccc1OCc1ccc(Br)cc1. The average molecular weight is 530 g/mol. The molecule has 2 N–H and O–H groups in total. The first-order valence-electron chi connectivity index (χ1n) is 11.1. The third-order valence-corrected chi connectivity index (χ3v) is 5.79. The minimum Gasteiger partial charge on any atom is -0.488 e. The molecule has 0 aliphatic carbocycles. The molecule has 0 fully saturated rings. The van der Waals surface area contributed by atoms with Gasteiger partial charge in [0.2, 0.25) is 11.8 Å². The zero-order valence-electron chi connectivity index (χ0n) is 18.9. The van der Waals surface area contributed by atoms with Gasteiger partial charge in [-0.25, -0.2) is 5.43 Å². The number of carbonyl (C=O) groups is 2. The molecule has 0 unspecified atom stereocenters. The Balaban J connectivity index is 1.26. The molecule has 0 heterocycles. The molecule has 4 aromatic carbocycles. The largest absolute Gasteiger partial charge is 0.488 e. The smallest absolute Gasteiger partial charge is 0.240 e. The monoisotopic (exact) mass is 529 g/mol. The number of carbonyl (C=O) groups excluding carboxylic acids is 2. The van der Waals surface area contributed by atoms with Gasteiger partial charge in [-0.1, -0.05) is 76.6 Å². The molecule has 176 valence electrons. The van der Waals surface area contributed by atoms with Gasteiger partial charge in [0.05, 0.1) is 6.21 Å². The molecule has 0 spiro atoms. The first-order valence-corrected chi connectivity index (χ1v) is 11.9. The van der Waals surface area contributed by atoms with Gasteiger partial charge < -0.3 is 10.1 Å². The number of para-hydroxylation sites is 1. The lowest BCUT2D eigenvalue weighted by Gasteiger charge is -2.09. The van der Waals surface area contributed by atoms with Crippen LogP contribution < -0.4 is 15.5 Å². The third-order valence-electron chi connectivity index (χ3n) is 5.26. The van der Waals surface area contributed by atoms with E-state index in [9.17, 15) is 9.59 Å². The molecule has 0 atom stereocenters. The van der Waals surface area contributed by atoms with E-state index >= 15 is 0 Å². The van der Waals surface area contributed by atoms with Crippen LogP contribution in [-0.2, 0) is 16.2 Å². The summed E-state index contributed by atoms with van der Waals surface area (Å²) in [4.78, 5) is 24.5. The number of amides is 2. The maximum atomic E-state index is 12.4. The van der Waals surface area contributed by atoms with Crippen LogP contribution in [0.3, 0.4) is 0 Å². The van der Waals surface area contributed by atoms with E-state index in [1.54, 1.807) is 0 Å². The quantitative estimate of drug-likeness (QED) is 0.204. The number of nitrogens with one attached hydrogen (secondary N) is 2. The number of hydrogen-bond donors (Lipinski definition) is 2. The van der Waals surface area contributed by atoms with E-state index in [-0.39, 0.29) is 24.7 Å². The van der Waals surface area contributed by atoms with Crippen molar-refractivity contribution in [2.75, 3.05) is 5.32 Å². The normalized spacial score (nSPS) is 10.9. The van der Waals surface area contributed by atoms with Crippen molar-refractivity contribution < 1.29 is 14.3 Å². The number of halogens is 1. The van der Waals surface area contributed by atoms with Crippen LogP contribution in [0.4, 0.5) is 5.69 Å². The van der Waals surface area contributed by atoms with Gasteiger partial charge in [0.1, 0.15) is 12.4 Å². The van der Waals surface area contributed by atoms with Crippen molar-refractivity contribution in [1.29, 1.82) is 0 Å². The molecular formula is C28H24BrN3O3. The van der Waals surface area contributed by atoms with Crippen molar-refractivity contribution in [3.63, 3.8) is 0 Å². The highest BCUT2D eigenvalue weighted by Crippen LogP contribution is 2.23. The van der Waals surface area contributed by atoms with E-state index in [0.29, 0.717) is 12.4 Å². The van der Waals surface area contributed by atoms with E-state index in [1.165, 1.54) is 6.21 Å². The van der Waals surface area contributed by atoms with Gasteiger partial charge in [-0.3, -0.25) is 9.59 Å². The molecule has 2 amide bonds. The second kappa shape index (κ2) is 11.9. The van der Waals surface area contributed by atoms with Crippen LogP contribution in [0.25, 0.3) is 10.8 Å². The number of ether oxygens (including phenoxy) is 1. The average Bonchev–Trinajstić information content (AvgIpc) is 2.88. The zero-order chi connectivity index (χ0) is 24.5. The molecule has 0 aromatic heterocycles. The summed E-state index contributed by atoms with van der Waals surface area (Å²) >= 11 is 3.42. The van der Waals surface area contributed by atoms with E-state index in [0.717, 1.165) is 32.1 Å². The number of hydrazone groups is 1. The minimum absolute atomic E-state index is 0.0235. The fourth-order valence-electron chi connectivity index (χ4n) is 3.46. The highest BCUT2D eigenvalue weighted by Gasteiger charge is 2.09. The van der Waals surface area contributed by atoms with Crippen LogP contribution in [0.1, 0.15) is 24.0 Å². The van der Waals surface area contributed by atoms with Crippen molar-refractivity contribution in [3.8, 4) is 5.75 Å². The summed E-state index contributed by atoms with van der Waals surface area (Å²) < 4.78 is 6.92. The molecule has 6 nitrogen and oxygen atoms in total. The fourth-order valence-corrected chi connectivity index (χ4v) is 3.73. The van der Waals surface area contributed by atoms with Crippen molar-refractivity contribution in [2.45, 2.75) is 19.4 Å². The molecule has 4 aromatic rings. The van der Waals surface area contributed by atoms with Crippen LogP contribution in [0, 0.1) is 0 Å². The highest BCUT2D eigenvalue weighted by molar-refractivity contribution is 9.10. The highest BCUT2D eigenvalue weighted by atomic mass is 79.9. The van der Waals surface area contributed by atoms with Gasteiger partial charge in [-0.2, -0.15) is 5.10 Å². The van der Waals surface area contributed by atoms with E-state index in [4.69, 9.17) is 4.74 Å². The van der Waals surface area contributed by atoms with Crippen molar-refractivity contribution in [3.05, 3.63) is 107 Å². The van der Waals surface area contributed by atoms with Gasteiger partial charge in [0.25, 0.3) is 0 Å². The summed E-state index contributed by atoms with van der Waals surface area (Å²) in [6.45, 7) is 0.413. The zero-order valence-corrected chi connectivity index (χ0v) is 20.5. The fraction of sp³-hybridized carbons (Fsp3) is 0.107.